The normalized spacial score (nSPS) is 25.9. The summed E-state index contributed by atoms with van der Waals surface area (Å²) in [6.07, 6.45) is 0.147. The molecular formula is C19H25N3O5S. The standard InChI is InChI=1S/C19H25N3O5S/c1-3-27-19(25)22-16(23)12-8-9-28-18(12)21-17(24)14-10-15(26-2)11-6-4-5-7-13(11)20-14/h4-7,12,14-15,18,20H,3,8-10H2,1-2H3,(H,21,24)(H,22,23,25). The van der Waals surface area contributed by atoms with Crippen molar-refractivity contribution >= 4 is 35.4 Å². The zero-order valence-corrected chi connectivity index (χ0v) is 16.7. The van der Waals surface area contributed by atoms with Gasteiger partial charge in [0.25, 0.3) is 0 Å². The maximum atomic E-state index is 12.9. The molecule has 0 aromatic heterocycles. The van der Waals surface area contributed by atoms with Gasteiger partial charge in [0.15, 0.2) is 0 Å². The van der Waals surface area contributed by atoms with Crippen molar-refractivity contribution in [2.45, 2.75) is 37.3 Å². The number of nitrogens with one attached hydrogen (secondary N) is 3. The van der Waals surface area contributed by atoms with Crippen molar-refractivity contribution in [2.75, 3.05) is 24.8 Å². The number of anilines is 1. The van der Waals surface area contributed by atoms with Crippen molar-refractivity contribution < 1.29 is 23.9 Å². The number of para-hydroxylation sites is 1. The fraction of sp³-hybridized carbons (Fsp3) is 0.526. The molecule has 1 saturated heterocycles. The molecule has 0 radical (unpaired) electrons. The fourth-order valence-electron chi connectivity index (χ4n) is 3.49. The Morgan fingerprint density at radius 3 is 2.79 bits per heavy atom. The van der Waals surface area contributed by atoms with Crippen LogP contribution in [0, 0.1) is 5.92 Å². The third kappa shape index (κ3) is 4.59. The topological polar surface area (TPSA) is 106 Å². The second kappa shape index (κ2) is 9.29. The number of thioether (sulfide) groups is 1. The molecule has 8 nitrogen and oxygen atoms in total. The highest BCUT2D eigenvalue weighted by molar-refractivity contribution is 8.00. The number of alkyl carbamates (subject to hydrolysis) is 1. The van der Waals surface area contributed by atoms with Crippen molar-refractivity contribution in [2.24, 2.45) is 5.92 Å². The Balaban J connectivity index is 1.62. The minimum Gasteiger partial charge on any atom is -0.450 e. The van der Waals surface area contributed by atoms with E-state index in [0.29, 0.717) is 12.8 Å². The van der Waals surface area contributed by atoms with Crippen LogP contribution in [-0.4, -0.2) is 48.8 Å². The van der Waals surface area contributed by atoms with Gasteiger partial charge in [-0.1, -0.05) is 18.2 Å². The van der Waals surface area contributed by atoms with Crippen LogP contribution < -0.4 is 16.0 Å². The highest BCUT2D eigenvalue weighted by Gasteiger charge is 2.38. The van der Waals surface area contributed by atoms with Crippen LogP contribution in [0.1, 0.15) is 31.4 Å². The average molecular weight is 407 g/mol. The lowest BCUT2D eigenvalue weighted by Crippen LogP contribution is -2.49. The number of rotatable bonds is 5. The number of methoxy groups -OCH3 is 1. The van der Waals surface area contributed by atoms with Crippen LogP contribution in [0.3, 0.4) is 0 Å². The van der Waals surface area contributed by atoms with E-state index in [-0.39, 0.29) is 24.0 Å². The number of carbonyl (C=O) groups is 3. The SMILES string of the molecule is CCOC(=O)NC(=O)C1CCSC1NC(=O)C1CC(OC)c2ccccc2N1. The zero-order valence-electron chi connectivity index (χ0n) is 15.9. The summed E-state index contributed by atoms with van der Waals surface area (Å²) < 4.78 is 10.3. The highest BCUT2D eigenvalue weighted by Crippen LogP contribution is 2.35. The molecule has 0 spiro atoms. The van der Waals surface area contributed by atoms with Gasteiger partial charge < -0.3 is 20.1 Å². The van der Waals surface area contributed by atoms with Crippen LogP contribution in [0.4, 0.5) is 10.5 Å². The maximum Gasteiger partial charge on any atom is 0.413 e. The number of fused-ring (bicyclic) bond motifs is 1. The summed E-state index contributed by atoms with van der Waals surface area (Å²) in [5, 5.41) is 8.05. The quantitative estimate of drug-likeness (QED) is 0.686. The number of hydrogen-bond acceptors (Lipinski definition) is 7. The smallest absolute Gasteiger partial charge is 0.413 e. The van der Waals surface area contributed by atoms with Gasteiger partial charge in [0.2, 0.25) is 11.8 Å². The number of amides is 3. The van der Waals surface area contributed by atoms with E-state index in [1.54, 1.807) is 14.0 Å². The molecule has 3 amide bonds. The minimum atomic E-state index is -0.761. The van der Waals surface area contributed by atoms with Crippen LogP contribution >= 0.6 is 11.8 Å². The third-order valence-electron chi connectivity index (χ3n) is 4.90. The second-order valence-corrected chi connectivity index (χ2v) is 7.90. The molecule has 2 heterocycles. The van der Waals surface area contributed by atoms with Crippen LogP contribution in [0.25, 0.3) is 0 Å². The van der Waals surface area contributed by atoms with Gasteiger partial charge in [0.1, 0.15) is 6.04 Å². The molecule has 28 heavy (non-hydrogen) atoms. The molecule has 152 valence electrons. The summed E-state index contributed by atoms with van der Waals surface area (Å²) in [4.78, 5) is 36.7. The van der Waals surface area contributed by atoms with E-state index in [2.05, 4.69) is 16.0 Å². The van der Waals surface area contributed by atoms with Crippen molar-refractivity contribution in [1.29, 1.82) is 0 Å². The van der Waals surface area contributed by atoms with Gasteiger partial charge in [0, 0.05) is 24.8 Å². The Bertz CT molecular complexity index is 744. The van der Waals surface area contributed by atoms with Crippen LogP contribution in [-0.2, 0) is 19.1 Å². The highest BCUT2D eigenvalue weighted by atomic mass is 32.2. The minimum absolute atomic E-state index is 0.174. The van der Waals surface area contributed by atoms with Gasteiger partial charge in [0.05, 0.1) is 24.0 Å². The van der Waals surface area contributed by atoms with Crippen LogP contribution in [0.5, 0.6) is 0 Å². The fourth-order valence-corrected chi connectivity index (χ4v) is 4.83. The van der Waals surface area contributed by atoms with Gasteiger partial charge in [-0.2, -0.15) is 0 Å². The van der Waals surface area contributed by atoms with Gasteiger partial charge in [-0.3, -0.25) is 14.9 Å². The summed E-state index contributed by atoms with van der Waals surface area (Å²) in [6.45, 7) is 1.86. The van der Waals surface area contributed by atoms with Crippen molar-refractivity contribution in [3.05, 3.63) is 29.8 Å². The first-order valence-electron chi connectivity index (χ1n) is 9.31. The molecule has 3 N–H and O–H groups in total. The summed E-state index contributed by atoms with van der Waals surface area (Å²) in [5.41, 5.74) is 1.90. The van der Waals surface area contributed by atoms with E-state index in [0.717, 1.165) is 17.0 Å². The van der Waals surface area contributed by atoms with E-state index in [1.165, 1.54) is 11.8 Å². The Hall–Kier alpha value is -2.26. The summed E-state index contributed by atoms with van der Waals surface area (Å²) in [6, 6.07) is 7.28. The molecule has 9 heteroatoms. The Kier molecular flexibility index (Phi) is 6.79. The molecule has 1 fully saturated rings. The molecule has 0 saturated carbocycles. The maximum absolute atomic E-state index is 12.9. The van der Waals surface area contributed by atoms with Gasteiger partial charge in [-0.15, -0.1) is 11.8 Å². The lowest BCUT2D eigenvalue weighted by atomic mass is 9.94. The molecule has 1 aromatic rings. The number of hydrogen-bond donors (Lipinski definition) is 3. The molecular weight excluding hydrogens is 382 g/mol. The second-order valence-electron chi connectivity index (χ2n) is 6.65. The summed E-state index contributed by atoms with van der Waals surface area (Å²) >= 11 is 1.50. The lowest BCUT2D eigenvalue weighted by molar-refractivity contribution is -0.126. The first-order chi connectivity index (χ1) is 13.5. The molecule has 0 aliphatic carbocycles. The predicted molar refractivity (Wildman–Crippen MR) is 106 cm³/mol. The Labute approximate surface area is 168 Å². The lowest BCUT2D eigenvalue weighted by Gasteiger charge is -2.32. The van der Waals surface area contributed by atoms with Crippen molar-refractivity contribution in [3.63, 3.8) is 0 Å². The van der Waals surface area contributed by atoms with Gasteiger partial charge in [-0.05, 0) is 25.2 Å². The van der Waals surface area contributed by atoms with Gasteiger partial charge in [-0.25, -0.2) is 4.79 Å². The molecule has 2 aliphatic rings. The largest absolute Gasteiger partial charge is 0.450 e. The number of imide groups is 1. The number of carbonyl (C=O) groups excluding carboxylic acids is 3. The van der Waals surface area contributed by atoms with Gasteiger partial charge >= 0.3 is 6.09 Å². The summed E-state index contributed by atoms with van der Waals surface area (Å²) in [5.74, 6) is -0.365. The first-order valence-corrected chi connectivity index (χ1v) is 10.4. The van der Waals surface area contributed by atoms with E-state index in [4.69, 9.17) is 9.47 Å². The van der Waals surface area contributed by atoms with Crippen molar-refractivity contribution in [1.82, 2.24) is 10.6 Å². The van der Waals surface area contributed by atoms with Crippen LogP contribution in [0.2, 0.25) is 0 Å². The molecule has 2 aliphatic heterocycles. The Morgan fingerprint density at radius 2 is 2.04 bits per heavy atom. The third-order valence-corrected chi connectivity index (χ3v) is 6.18. The summed E-state index contributed by atoms with van der Waals surface area (Å²) in [7, 11) is 1.63. The zero-order chi connectivity index (χ0) is 20.1. The van der Waals surface area contributed by atoms with Crippen molar-refractivity contribution in [3.8, 4) is 0 Å². The average Bonchev–Trinajstić information content (AvgIpc) is 3.15. The monoisotopic (exact) mass is 407 g/mol. The van der Waals surface area contributed by atoms with E-state index >= 15 is 0 Å². The van der Waals surface area contributed by atoms with E-state index in [9.17, 15) is 14.4 Å². The number of benzene rings is 1. The first kappa shape index (κ1) is 20.5. The Morgan fingerprint density at radius 1 is 1.25 bits per heavy atom. The molecule has 4 unspecified atom stereocenters. The van der Waals surface area contributed by atoms with E-state index < -0.39 is 24.0 Å². The van der Waals surface area contributed by atoms with Crippen LogP contribution in [0.15, 0.2) is 24.3 Å². The number of ether oxygens (including phenoxy) is 2. The molecule has 0 bridgehead atoms. The molecule has 4 atom stereocenters. The molecule has 3 rings (SSSR count). The van der Waals surface area contributed by atoms with E-state index in [1.807, 2.05) is 24.3 Å². The predicted octanol–water partition coefficient (Wildman–Crippen LogP) is 2.03. The molecule has 1 aromatic carbocycles.